The average molecular weight is 234 g/mol. The Bertz CT molecular complexity index is 337. The molecule has 0 radical (unpaired) electrons. The summed E-state index contributed by atoms with van der Waals surface area (Å²) in [5.41, 5.74) is 4.00. The van der Waals surface area contributed by atoms with E-state index in [9.17, 15) is 0 Å². The topological polar surface area (TPSA) is 24.4 Å². The van der Waals surface area contributed by atoms with Crippen molar-refractivity contribution in [2.24, 2.45) is 10.9 Å². The molecule has 2 bridgehead atoms. The van der Waals surface area contributed by atoms with Gasteiger partial charge in [0.15, 0.2) is 0 Å². The molecule has 1 aliphatic heterocycles. The van der Waals surface area contributed by atoms with Crippen LogP contribution in [0.25, 0.3) is 0 Å². The second-order valence-corrected chi connectivity index (χ2v) is 4.34. The number of hydrogen-bond acceptors (Lipinski definition) is 2. The number of fused-ring (bicyclic) bond motifs is 2. The quantitative estimate of drug-likeness (QED) is 0.744. The summed E-state index contributed by atoms with van der Waals surface area (Å²) in [4.78, 5) is 4.50. The van der Waals surface area contributed by atoms with Gasteiger partial charge < -0.3 is 5.32 Å². The lowest BCUT2D eigenvalue weighted by Gasteiger charge is -2.18. The summed E-state index contributed by atoms with van der Waals surface area (Å²) in [6.07, 6.45) is 5.92. The lowest BCUT2D eigenvalue weighted by molar-refractivity contribution is 0.693. The Morgan fingerprint density at radius 2 is 2.24 bits per heavy atom. The third kappa shape index (κ3) is 3.06. The first-order chi connectivity index (χ1) is 8.26. The van der Waals surface area contributed by atoms with Crippen LogP contribution < -0.4 is 5.32 Å². The van der Waals surface area contributed by atoms with Crippen molar-refractivity contribution in [2.75, 3.05) is 13.1 Å². The average Bonchev–Trinajstić information content (AvgIpc) is 2.95. The number of hydrogen-bond donors (Lipinski definition) is 1. The van der Waals surface area contributed by atoms with Gasteiger partial charge in [0.05, 0.1) is 0 Å². The number of nitrogens with one attached hydrogen (secondary N) is 1. The standard InChI is InChI=1S/C13H20N2.C2H6/c1-4-11(9(3)14-5-2)12-6-10-7-13(12)15-8-10;1-2/h4,6,10,13,15H,5,7-8H2,1-3H3;1-2H3/b11-4+,14-9?;. The molecule has 0 aromatic rings. The lowest BCUT2D eigenvalue weighted by atomic mass is 9.97. The highest BCUT2D eigenvalue weighted by molar-refractivity contribution is 6.02. The van der Waals surface area contributed by atoms with Gasteiger partial charge in [0.25, 0.3) is 0 Å². The van der Waals surface area contributed by atoms with Gasteiger partial charge in [-0.3, -0.25) is 4.99 Å². The minimum absolute atomic E-state index is 0.586. The molecular weight excluding hydrogens is 208 g/mol. The molecule has 1 heterocycles. The molecular formula is C15H26N2. The second kappa shape index (κ2) is 6.75. The Morgan fingerprint density at radius 1 is 1.53 bits per heavy atom. The van der Waals surface area contributed by atoms with Crippen LogP contribution in [0, 0.1) is 5.92 Å². The minimum atomic E-state index is 0.586. The Morgan fingerprint density at radius 3 is 2.65 bits per heavy atom. The number of rotatable bonds is 3. The summed E-state index contributed by atoms with van der Waals surface area (Å²) in [5.74, 6) is 0.759. The van der Waals surface area contributed by atoms with E-state index in [2.05, 4.69) is 43.2 Å². The van der Waals surface area contributed by atoms with E-state index >= 15 is 0 Å². The van der Waals surface area contributed by atoms with Gasteiger partial charge in [-0.1, -0.05) is 26.0 Å². The van der Waals surface area contributed by atoms with E-state index in [1.54, 1.807) is 0 Å². The van der Waals surface area contributed by atoms with Crippen LogP contribution in [-0.2, 0) is 0 Å². The molecule has 2 atom stereocenters. The molecule has 2 rings (SSSR count). The van der Waals surface area contributed by atoms with Gasteiger partial charge in [-0.15, -0.1) is 0 Å². The molecule has 2 unspecified atom stereocenters. The van der Waals surface area contributed by atoms with Crippen molar-refractivity contribution in [3.8, 4) is 0 Å². The lowest BCUT2D eigenvalue weighted by Crippen LogP contribution is -2.27. The minimum Gasteiger partial charge on any atom is -0.309 e. The maximum Gasteiger partial charge on any atom is 0.0389 e. The third-order valence-corrected chi connectivity index (χ3v) is 3.34. The molecule has 2 aliphatic rings. The molecule has 96 valence electrons. The summed E-state index contributed by atoms with van der Waals surface area (Å²) >= 11 is 0. The highest BCUT2D eigenvalue weighted by atomic mass is 15.0. The first kappa shape index (κ1) is 14.2. The van der Waals surface area contributed by atoms with E-state index in [1.807, 2.05) is 13.8 Å². The monoisotopic (exact) mass is 234 g/mol. The molecule has 1 fully saturated rings. The molecule has 0 saturated carbocycles. The largest absolute Gasteiger partial charge is 0.309 e. The maximum absolute atomic E-state index is 4.50. The van der Waals surface area contributed by atoms with Crippen LogP contribution in [0.15, 0.2) is 28.3 Å². The van der Waals surface area contributed by atoms with E-state index in [1.165, 1.54) is 23.3 Å². The normalized spacial score (nSPS) is 27.7. The molecule has 1 saturated heterocycles. The van der Waals surface area contributed by atoms with Crippen LogP contribution in [0.3, 0.4) is 0 Å². The van der Waals surface area contributed by atoms with E-state index < -0.39 is 0 Å². The van der Waals surface area contributed by atoms with Crippen molar-refractivity contribution in [3.63, 3.8) is 0 Å². The summed E-state index contributed by atoms with van der Waals surface area (Å²) in [7, 11) is 0. The predicted octanol–water partition coefficient (Wildman–Crippen LogP) is 3.36. The fourth-order valence-corrected chi connectivity index (χ4v) is 2.68. The SMILES string of the molecule is C/C=C(/C1=CC2CNC1C2)C(C)=NCC.CC. The Kier molecular flexibility index (Phi) is 5.63. The van der Waals surface area contributed by atoms with Crippen molar-refractivity contribution in [1.29, 1.82) is 0 Å². The number of aliphatic imine (C=N–C) groups is 1. The van der Waals surface area contributed by atoms with Gasteiger partial charge in [0.2, 0.25) is 0 Å². The molecule has 2 heteroatoms. The van der Waals surface area contributed by atoms with Gasteiger partial charge in [0, 0.05) is 24.8 Å². The Hall–Kier alpha value is -0.890. The van der Waals surface area contributed by atoms with Gasteiger partial charge in [-0.25, -0.2) is 0 Å². The summed E-state index contributed by atoms with van der Waals surface area (Å²) in [6, 6.07) is 0.586. The molecule has 2 nitrogen and oxygen atoms in total. The molecule has 0 aromatic heterocycles. The van der Waals surface area contributed by atoms with Crippen molar-refractivity contribution < 1.29 is 0 Å². The van der Waals surface area contributed by atoms with Crippen LogP contribution in [0.1, 0.15) is 41.0 Å². The molecule has 1 N–H and O–H groups in total. The molecule has 0 aromatic carbocycles. The number of nitrogens with zero attached hydrogens (tertiary/aromatic N) is 1. The van der Waals surface area contributed by atoms with Crippen LogP contribution >= 0.6 is 0 Å². The van der Waals surface area contributed by atoms with E-state index in [0.29, 0.717) is 6.04 Å². The van der Waals surface area contributed by atoms with Crippen LogP contribution in [-0.4, -0.2) is 24.8 Å². The van der Waals surface area contributed by atoms with Gasteiger partial charge in [-0.2, -0.15) is 0 Å². The summed E-state index contributed by atoms with van der Waals surface area (Å²) in [5, 5.41) is 3.55. The van der Waals surface area contributed by atoms with E-state index in [0.717, 1.165) is 19.0 Å². The van der Waals surface area contributed by atoms with Gasteiger partial charge >= 0.3 is 0 Å². The summed E-state index contributed by atoms with van der Waals surface area (Å²) in [6.45, 7) is 12.3. The Balaban J connectivity index is 0.000000686. The van der Waals surface area contributed by atoms with Crippen molar-refractivity contribution in [3.05, 3.63) is 23.3 Å². The zero-order valence-corrected chi connectivity index (χ0v) is 11.9. The van der Waals surface area contributed by atoms with E-state index in [4.69, 9.17) is 0 Å². The second-order valence-electron chi connectivity index (χ2n) is 4.34. The Labute approximate surface area is 106 Å². The smallest absolute Gasteiger partial charge is 0.0389 e. The van der Waals surface area contributed by atoms with Crippen molar-refractivity contribution in [1.82, 2.24) is 5.32 Å². The van der Waals surface area contributed by atoms with Crippen LogP contribution in [0.5, 0.6) is 0 Å². The first-order valence-electron chi connectivity index (χ1n) is 6.89. The fourth-order valence-electron chi connectivity index (χ4n) is 2.68. The van der Waals surface area contributed by atoms with Gasteiger partial charge in [0.1, 0.15) is 0 Å². The van der Waals surface area contributed by atoms with Gasteiger partial charge in [-0.05, 0) is 44.3 Å². The summed E-state index contributed by atoms with van der Waals surface area (Å²) < 4.78 is 0. The molecule has 17 heavy (non-hydrogen) atoms. The van der Waals surface area contributed by atoms with Crippen LogP contribution in [0.2, 0.25) is 0 Å². The zero-order chi connectivity index (χ0) is 12.8. The van der Waals surface area contributed by atoms with E-state index in [-0.39, 0.29) is 0 Å². The first-order valence-corrected chi connectivity index (χ1v) is 6.89. The molecule has 0 spiro atoms. The van der Waals surface area contributed by atoms with Crippen molar-refractivity contribution >= 4 is 5.71 Å². The molecule has 0 amide bonds. The highest BCUT2D eigenvalue weighted by Crippen LogP contribution is 2.34. The van der Waals surface area contributed by atoms with Crippen molar-refractivity contribution in [2.45, 2.75) is 47.1 Å². The maximum atomic E-state index is 4.50. The number of allylic oxidation sites excluding steroid dienone is 1. The van der Waals surface area contributed by atoms with Crippen LogP contribution in [0.4, 0.5) is 0 Å². The fraction of sp³-hybridized carbons (Fsp3) is 0.667. The zero-order valence-electron chi connectivity index (χ0n) is 11.9. The third-order valence-electron chi connectivity index (χ3n) is 3.34. The molecule has 1 aliphatic carbocycles. The predicted molar refractivity (Wildman–Crippen MR) is 76.7 cm³/mol. The highest BCUT2D eigenvalue weighted by Gasteiger charge is 2.33.